The highest BCUT2D eigenvalue weighted by atomic mass is 16.2. The van der Waals surface area contributed by atoms with E-state index in [1.165, 1.54) is 22.4 Å². The molecule has 2 aromatic rings. The molecule has 0 radical (unpaired) electrons. The summed E-state index contributed by atoms with van der Waals surface area (Å²) in [6.45, 7) is 9.83. The Bertz CT molecular complexity index is 778. The zero-order valence-electron chi connectivity index (χ0n) is 17.1. The number of carbonyl (C=O) groups excluding carboxylic acids is 1. The number of hydrogen-bond donors (Lipinski definition) is 1. The molecule has 1 saturated heterocycles. The number of aryl methyl sites for hydroxylation is 2. The number of benzene rings is 1. The van der Waals surface area contributed by atoms with Crippen LogP contribution in [0.15, 0.2) is 24.3 Å². The Kier molecular flexibility index (Phi) is 6.32. The third-order valence-corrected chi connectivity index (χ3v) is 5.70. The van der Waals surface area contributed by atoms with Gasteiger partial charge in [-0.05, 0) is 64.3 Å². The van der Waals surface area contributed by atoms with Crippen molar-refractivity contribution in [3.8, 4) is 0 Å². The molecule has 0 saturated carbocycles. The third kappa shape index (κ3) is 4.78. The molecule has 3 rings (SSSR count). The molecule has 2 heterocycles. The van der Waals surface area contributed by atoms with Gasteiger partial charge in [-0.1, -0.05) is 29.8 Å². The number of rotatable bonds is 7. The van der Waals surface area contributed by atoms with Gasteiger partial charge in [-0.2, -0.15) is 5.10 Å². The van der Waals surface area contributed by atoms with Crippen LogP contribution in [0.4, 0.5) is 0 Å². The Balaban J connectivity index is 1.60. The number of aromatic nitrogens is 2. The Morgan fingerprint density at radius 3 is 2.67 bits per heavy atom. The Labute approximate surface area is 162 Å². The van der Waals surface area contributed by atoms with Crippen LogP contribution < -0.4 is 5.32 Å². The van der Waals surface area contributed by atoms with Crippen molar-refractivity contribution >= 4 is 5.91 Å². The minimum absolute atomic E-state index is 0.277. The summed E-state index contributed by atoms with van der Waals surface area (Å²) in [7, 11) is 1.98. The van der Waals surface area contributed by atoms with Crippen molar-refractivity contribution < 1.29 is 4.79 Å². The van der Waals surface area contributed by atoms with Gasteiger partial charge in [0.15, 0.2) is 0 Å². The molecule has 1 fully saturated rings. The minimum Gasteiger partial charge on any atom is -0.342 e. The van der Waals surface area contributed by atoms with Crippen molar-refractivity contribution in [1.29, 1.82) is 0 Å². The molecule has 1 aliphatic heterocycles. The van der Waals surface area contributed by atoms with Gasteiger partial charge in [-0.15, -0.1) is 0 Å². The van der Waals surface area contributed by atoms with Crippen molar-refractivity contribution in [1.82, 2.24) is 20.0 Å². The molecule has 1 N–H and O–H groups in total. The summed E-state index contributed by atoms with van der Waals surface area (Å²) >= 11 is 0. The van der Waals surface area contributed by atoms with Crippen molar-refractivity contribution in [2.45, 2.75) is 46.6 Å². The van der Waals surface area contributed by atoms with Crippen LogP contribution in [0, 0.1) is 26.7 Å². The van der Waals surface area contributed by atoms with Crippen LogP contribution in [0.2, 0.25) is 0 Å². The molecular weight excluding hydrogens is 336 g/mol. The first-order valence-electron chi connectivity index (χ1n) is 9.98. The molecule has 0 spiro atoms. The summed E-state index contributed by atoms with van der Waals surface area (Å²) in [4.78, 5) is 14.6. The summed E-state index contributed by atoms with van der Waals surface area (Å²) in [5, 5.41) is 7.94. The quantitative estimate of drug-likeness (QED) is 0.818. The predicted octanol–water partition coefficient (Wildman–Crippen LogP) is 2.86. The van der Waals surface area contributed by atoms with E-state index in [0.29, 0.717) is 12.3 Å². The Morgan fingerprint density at radius 2 is 1.96 bits per heavy atom. The maximum Gasteiger partial charge on any atom is 0.222 e. The van der Waals surface area contributed by atoms with E-state index in [4.69, 9.17) is 5.10 Å². The van der Waals surface area contributed by atoms with Crippen molar-refractivity contribution in [2.24, 2.45) is 5.92 Å². The molecule has 0 unspecified atom stereocenters. The van der Waals surface area contributed by atoms with E-state index < -0.39 is 0 Å². The molecule has 1 amide bonds. The Morgan fingerprint density at radius 1 is 1.22 bits per heavy atom. The lowest BCUT2D eigenvalue weighted by atomic mass is 10.1. The van der Waals surface area contributed by atoms with Gasteiger partial charge in [0.1, 0.15) is 0 Å². The molecule has 0 bridgehead atoms. The lowest BCUT2D eigenvalue weighted by Gasteiger charge is -2.16. The van der Waals surface area contributed by atoms with Gasteiger partial charge in [0, 0.05) is 25.2 Å². The minimum atomic E-state index is 0.277. The molecule has 146 valence electrons. The SMILES string of the molecule is CNC[C@H]1CCN(C(=O)CCc2c(C)nn(Cc3ccc(C)cc3)c2C)C1. The number of carbonyl (C=O) groups is 1. The monoisotopic (exact) mass is 368 g/mol. The number of nitrogens with zero attached hydrogens (tertiary/aromatic N) is 3. The zero-order valence-corrected chi connectivity index (χ0v) is 17.1. The second-order valence-corrected chi connectivity index (χ2v) is 7.84. The van der Waals surface area contributed by atoms with E-state index in [0.717, 1.165) is 44.7 Å². The van der Waals surface area contributed by atoms with Crippen molar-refractivity contribution in [3.05, 3.63) is 52.3 Å². The molecule has 1 aromatic heterocycles. The number of amides is 1. The average Bonchev–Trinajstić information content (AvgIpc) is 3.21. The van der Waals surface area contributed by atoms with Gasteiger partial charge in [0.25, 0.3) is 0 Å². The van der Waals surface area contributed by atoms with E-state index in [9.17, 15) is 4.79 Å². The smallest absolute Gasteiger partial charge is 0.222 e. The van der Waals surface area contributed by atoms with Gasteiger partial charge in [0.2, 0.25) is 5.91 Å². The van der Waals surface area contributed by atoms with E-state index in [1.54, 1.807) is 0 Å². The van der Waals surface area contributed by atoms with Gasteiger partial charge in [-0.3, -0.25) is 9.48 Å². The first kappa shape index (κ1) is 19.6. The topological polar surface area (TPSA) is 50.2 Å². The van der Waals surface area contributed by atoms with Crippen molar-refractivity contribution in [3.63, 3.8) is 0 Å². The highest BCUT2D eigenvalue weighted by Crippen LogP contribution is 2.20. The van der Waals surface area contributed by atoms with Gasteiger partial charge >= 0.3 is 0 Å². The summed E-state index contributed by atoms with van der Waals surface area (Å²) in [5.74, 6) is 0.873. The van der Waals surface area contributed by atoms with E-state index >= 15 is 0 Å². The Hall–Kier alpha value is -2.14. The number of likely N-dealkylation sites (tertiary alicyclic amines) is 1. The fraction of sp³-hybridized carbons (Fsp3) is 0.545. The highest BCUT2D eigenvalue weighted by molar-refractivity contribution is 5.76. The average molecular weight is 369 g/mol. The van der Waals surface area contributed by atoms with Gasteiger partial charge in [-0.25, -0.2) is 0 Å². The lowest BCUT2D eigenvalue weighted by Crippen LogP contribution is -2.30. The van der Waals surface area contributed by atoms with E-state index in [-0.39, 0.29) is 5.91 Å². The normalized spacial score (nSPS) is 16.9. The second kappa shape index (κ2) is 8.70. The number of nitrogens with one attached hydrogen (secondary N) is 1. The van der Waals surface area contributed by atoms with Crippen LogP contribution in [0.3, 0.4) is 0 Å². The first-order chi connectivity index (χ1) is 13.0. The predicted molar refractivity (Wildman–Crippen MR) is 109 cm³/mol. The second-order valence-electron chi connectivity index (χ2n) is 7.84. The summed E-state index contributed by atoms with van der Waals surface area (Å²) in [6, 6.07) is 8.59. The summed E-state index contributed by atoms with van der Waals surface area (Å²) < 4.78 is 2.07. The third-order valence-electron chi connectivity index (χ3n) is 5.70. The molecule has 1 aliphatic rings. The van der Waals surface area contributed by atoms with Crippen LogP contribution in [0.5, 0.6) is 0 Å². The molecule has 0 aliphatic carbocycles. The van der Waals surface area contributed by atoms with Crippen LogP contribution in [0.1, 0.15) is 40.9 Å². The van der Waals surface area contributed by atoms with Crippen LogP contribution in [0.25, 0.3) is 0 Å². The molecular formula is C22H32N4O. The molecule has 5 heteroatoms. The van der Waals surface area contributed by atoms with Crippen molar-refractivity contribution in [2.75, 3.05) is 26.7 Å². The van der Waals surface area contributed by atoms with Crippen LogP contribution >= 0.6 is 0 Å². The largest absolute Gasteiger partial charge is 0.342 e. The van der Waals surface area contributed by atoms with Crippen LogP contribution in [-0.2, 0) is 17.8 Å². The first-order valence-corrected chi connectivity index (χ1v) is 9.98. The molecule has 27 heavy (non-hydrogen) atoms. The summed E-state index contributed by atoms with van der Waals surface area (Å²) in [5.41, 5.74) is 5.96. The standard InChI is InChI=1S/C22H32N4O/c1-16-5-7-19(8-6-16)15-26-18(3)21(17(2)24-26)9-10-22(27)25-12-11-20(14-25)13-23-4/h5-8,20,23H,9-15H2,1-4H3/t20-/m1/s1. The van der Waals surface area contributed by atoms with Gasteiger partial charge < -0.3 is 10.2 Å². The maximum absolute atomic E-state index is 12.6. The molecule has 1 atom stereocenters. The van der Waals surface area contributed by atoms with Gasteiger partial charge in [0.05, 0.1) is 12.2 Å². The number of hydrogen-bond acceptors (Lipinski definition) is 3. The molecule has 5 nitrogen and oxygen atoms in total. The van der Waals surface area contributed by atoms with E-state index in [2.05, 4.69) is 55.0 Å². The lowest BCUT2D eigenvalue weighted by molar-refractivity contribution is -0.130. The fourth-order valence-corrected chi connectivity index (χ4v) is 4.02. The van der Waals surface area contributed by atoms with Crippen LogP contribution in [-0.4, -0.2) is 47.3 Å². The highest BCUT2D eigenvalue weighted by Gasteiger charge is 2.25. The molecule has 1 aromatic carbocycles. The summed E-state index contributed by atoms with van der Waals surface area (Å²) in [6.07, 6.45) is 2.46. The zero-order chi connectivity index (χ0) is 19.4. The fourth-order valence-electron chi connectivity index (χ4n) is 4.02. The van der Waals surface area contributed by atoms with E-state index in [1.807, 2.05) is 11.9 Å². The maximum atomic E-state index is 12.6.